The van der Waals surface area contributed by atoms with Crippen molar-refractivity contribution in [3.8, 4) is 11.3 Å². The van der Waals surface area contributed by atoms with Gasteiger partial charge in [-0.25, -0.2) is 13.4 Å². The molecule has 0 N–H and O–H groups in total. The molecule has 33 heavy (non-hydrogen) atoms. The van der Waals surface area contributed by atoms with Gasteiger partial charge in [0.2, 0.25) is 15.9 Å². The summed E-state index contributed by atoms with van der Waals surface area (Å²) in [5.41, 5.74) is 2.12. The van der Waals surface area contributed by atoms with Crippen LogP contribution in [0, 0.1) is 0 Å². The minimum atomic E-state index is -3.54. The number of carbonyl (C=O) groups is 1. The number of piperazine rings is 1. The van der Waals surface area contributed by atoms with Crippen LogP contribution in [0.4, 0.5) is 0 Å². The van der Waals surface area contributed by atoms with Crippen LogP contribution < -0.4 is 0 Å². The van der Waals surface area contributed by atoms with Crippen molar-refractivity contribution < 1.29 is 13.2 Å². The lowest BCUT2D eigenvalue weighted by Gasteiger charge is -2.35. The van der Waals surface area contributed by atoms with Crippen LogP contribution >= 0.6 is 11.8 Å². The van der Waals surface area contributed by atoms with Gasteiger partial charge in [-0.1, -0.05) is 60.3 Å². The number of thioether (sulfide) groups is 1. The minimum absolute atomic E-state index is 0.00340. The molecule has 174 valence electrons. The molecular formula is C24H28N4O3S2. The molecule has 2 heterocycles. The zero-order valence-electron chi connectivity index (χ0n) is 18.8. The number of hydrogen-bond acceptors (Lipinski definition) is 5. The number of aromatic nitrogens is 2. The first-order valence-electron chi connectivity index (χ1n) is 11.0. The standard InChI is InChI=1S/C24H28N4O3S2/c1-3-28-22(20-10-6-4-7-11-20)18-25-24(28)32-19(2)23(29)26-14-16-27(17-15-26)33(30,31)21-12-8-5-9-13-21/h4-13,18-19H,3,14-17H2,1-2H3/t19-/m1/s1. The van der Waals surface area contributed by atoms with E-state index in [0.717, 1.165) is 23.0 Å². The van der Waals surface area contributed by atoms with E-state index in [-0.39, 0.29) is 16.1 Å². The van der Waals surface area contributed by atoms with Crippen LogP contribution in [0.1, 0.15) is 13.8 Å². The lowest BCUT2D eigenvalue weighted by atomic mass is 10.2. The largest absolute Gasteiger partial charge is 0.339 e. The van der Waals surface area contributed by atoms with E-state index in [9.17, 15) is 13.2 Å². The summed E-state index contributed by atoms with van der Waals surface area (Å²) in [6.45, 7) is 6.06. The summed E-state index contributed by atoms with van der Waals surface area (Å²) < 4.78 is 29.2. The fourth-order valence-electron chi connectivity index (χ4n) is 3.95. The van der Waals surface area contributed by atoms with Gasteiger partial charge in [0.1, 0.15) is 0 Å². The van der Waals surface area contributed by atoms with E-state index in [2.05, 4.69) is 28.6 Å². The maximum absolute atomic E-state index is 13.1. The molecule has 1 aliphatic rings. The summed E-state index contributed by atoms with van der Waals surface area (Å²) in [5, 5.41) is 0.487. The lowest BCUT2D eigenvalue weighted by molar-refractivity contribution is -0.131. The normalized spacial score (nSPS) is 16.0. The van der Waals surface area contributed by atoms with Crippen LogP contribution in [0.3, 0.4) is 0 Å². The molecule has 0 spiro atoms. The van der Waals surface area contributed by atoms with Gasteiger partial charge >= 0.3 is 0 Å². The van der Waals surface area contributed by atoms with Crippen molar-refractivity contribution in [2.24, 2.45) is 0 Å². The molecule has 0 saturated carbocycles. The highest BCUT2D eigenvalue weighted by molar-refractivity contribution is 8.00. The molecule has 4 rings (SSSR count). The molecule has 1 saturated heterocycles. The Morgan fingerprint density at radius 2 is 1.61 bits per heavy atom. The molecule has 7 nitrogen and oxygen atoms in total. The van der Waals surface area contributed by atoms with Gasteiger partial charge in [-0.2, -0.15) is 4.31 Å². The molecule has 1 amide bonds. The molecule has 0 radical (unpaired) electrons. The number of hydrogen-bond donors (Lipinski definition) is 0. The van der Waals surface area contributed by atoms with E-state index >= 15 is 0 Å². The highest BCUT2D eigenvalue weighted by Crippen LogP contribution is 2.29. The van der Waals surface area contributed by atoms with Gasteiger partial charge < -0.3 is 9.47 Å². The highest BCUT2D eigenvalue weighted by atomic mass is 32.2. The SMILES string of the molecule is CCn1c(-c2ccccc2)cnc1S[C@H](C)C(=O)N1CCN(S(=O)(=O)c2ccccc2)CC1. The summed E-state index contributed by atoms with van der Waals surface area (Å²) in [5.74, 6) is 0.00340. The third-order valence-corrected chi connectivity index (χ3v) is 8.77. The second-order valence-corrected chi connectivity index (χ2v) is 11.1. The first kappa shape index (κ1) is 23.5. The molecule has 1 aliphatic heterocycles. The Kier molecular flexibility index (Phi) is 7.21. The Morgan fingerprint density at radius 1 is 1.00 bits per heavy atom. The average molecular weight is 485 g/mol. The van der Waals surface area contributed by atoms with Crippen LogP contribution in [0.15, 0.2) is 76.9 Å². The monoisotopic (exact) mass is 484 g/mol. The number of imidazole rings is 1. The van der Waals surface area contributed by atoms with E-state index in [1.54, 1.807) is 35.2 Å². The van der Waals surface area contributed by atoms with Gasteiger partial charge in [-0.15, -0.1) is 0 Å². The smallest absolute Gasteiger partial charge is 0.243 e. The number of nitrogens with zero attached hydrogens (tertiary/aromatic N) is 4. The topological polar surface area (TPSA) is 75.5 Å². The quantitative estimate of drug-likeness (QED) is 0.479. The molecule has 1 atom stereocenters. The van der Waals surface area contributed by atoms with E-state index in [0.29, 0.717) is 26.2 Å². The van der Waals surface area contributed by atoms with E-state index in [1.165, 1.54) is 16.1 Å². The zero-order valence-corrected chi connectivity index (χ0v) is 20.4. The molecule has 0 unspecified atom stereocenters. The predicted octanol–water partition coefficient (Wildman–Crippen LogP) is 3.58. The molecule has 3 aromatic rings. The van der Waals surface area contributed by atoms with E-state index in [1.807, 2.05) is 31.3 Å². The maximum Gasteiger partial charge on any atom is 0.243 e. The Balaban J connectivity index is 1.40. The van der Waals surface area contributed by atoms with Crippen LogP contribution in [-0.4, -0.2) is 64.5 Å². The molecular weight excluding hydrogens is 456 g/mol. The van der Waals surface area contributed by atoms with Crippen LogP contribution in [-0.2, 0) is 21.4 Å². The molecule has 1 fully saturated rings. The summed E-state index contributed by atoms with van der Waals surface area (Å²) in [7, 11) is -3.54. The van der Waals surface area contributed by atoms with Crippen LogP contribution in [0.2, 0.25) is 0 Å². The second kappa shape index (κ2) is 10.1. The minimum Gasteiger partial charge on any atom is -0.339 e. The highest BCUT2D eigenvalue weighted by Gasteiger charge is 2.32. The third kappa shape index (κ3) is 5.00. The van der Waals surface area contributed by atoms with Crippen molar-refractivity contribution >= 4 is 27.7 Å². The Labute approximate surface area is 199 Å². The Hall–Kier alpha value is -2.62. The molecule has 2 aromatic carbocycles. The molecule has 0 bridgehead atoms. The first-order valence-corrected chi connectivity index (χ1v) is 13.4. The molecule has 9 heteroatoms. The van der Waals surface area contributed by atoms with Crippen molar-refractivity contribution in [1.29, 1.82) is 0 Å². The number of benzene rings is 2. The fraction of sp³-hybridized carbons (Fsp3) is 0.333. The van der Waals surface area contributed by atoms with Crippen molar-refractivity contribution in [3.05, 3.63) is 66.9 Å². The van der Waals surface area contributed by atoms with E-state index < -0.39 is 10.0 Å². The van der Waals surface area contributed by atoms with Crippen molar-refractivity contribution in [2.45, 2.75) is 35.7 Å². The van der Waals surface area contributed by atoms with Crippen molar-refractivity contribution in [1.82, 2.24) is 18.8 Å². The predicted molar refractivity (Wildman–Crippen MR) is 130 cm³/mol. The number of carbonyl (C=O) groups excluding carboxylic acids is 1. The van der Waals surface area contributed by atoms with Crippen LogP contribution in [0.25, 0.3) is 11.3 Å². The zero-order chi connectivity index (χ0) is 23.4. The van der Waals surface area contributed by atoms with Crippen molar-refractivity contribution in [3.63, 3.8) is 0 Å². The van der Waals surface area contributed by atoms with Crippen molar-refractivity contribution in [2.75, 3.05) is 26.2 Å². The maximum atomic E-state index is 13.1. The average Bonchev–Trinajstić information content (AvgIpc) is 3.27. The van der Waals surface area contributed by atoms with Gasteiger partial charge in [0.05, 0.1) is 22.0 Å². The van der Waals surface area contributed by atoms with Gasteiger partial charge in [0.15, 0.2) is 5.16 Å². The van der Waals surface area contributed by atoms with Gasteiger partial charge in [0, 0.05) is 32.7 Å². The number of rotatable bonds is 7. The summed E-state index contributed by atoms with van der Waals surface area (Å²) in [6.07, 6.45) is 1.85. The third-order valence-electron chi connectivity index (χ3n) is 5.77. The number of sulfonamides is 1. The Bertz CT molecular complexity index is 1190. The second-order valence-electron chi connectivity index (χ2n) is 7.84. The summed E-state index contributed by atoms with van der Waals surface area (Å²) >= 11 is 1.44. The first-order chi connectivity index (χ1) is 15.9. The van der Waals surface area contributed by atoms with Crippen LogP contribution in [0.5, 0.6) is 0 Å². The van der Waals surface area contributed by atoms with E-state index in [4.69, 9.17) is 0 Å². The van der Waals surface area contributed by atoms with Gasteiger partial charge in [0.25, 0.3) is 0 Å². The molecule has 0 aliphatic carbocycles. The Morgan fingerprint density at radius 3 is 2.21 bits per heavy atom. The summed E-state index contributed by atoms with van der Waals surface area (Å²) in [4.78, 5) is 19.7. The lowest BCUT2D eigenvalue weighted by Crippen LogP contribution is -2.52. The molecule has 1 aromatic heterocycles. The van der Waals surface area contributed by atoms with Gasteiger partial charge in [-0.3, -0.25) is 4.79 Å². The van der Waals surface area contributed by atoms with Gasteiger partial charge in [-0.05, 0) is 31.5 Å². The fourth-order valence-corrected chi connectivity index (χ4v) is 6.43. The number of amides is 1. The summed E-state index contributed by atoms with van der Waals surface area (Å²) in [6, 6.07) is 18.5.